The molecule has 0 fully saturated rings. The first-order chi connectivity index (χ1) is 14.8. The molecule has 0 aliphatic carbocycles. The molecule has 6 heteroatoms. The molecule has 1 aliphatic heterocycles. The van der Waals surface area contributed by atoms with Gasteiger partial charge in [-0.05, 0) is 55.7 Å². The van der Waals surface area contributed by atoms with Gasteiger partial charge in [0.15, 0.2) is 4.91 Å². The third kappa shape index (κ3) is 3.86. The number of rotatable bonds is 4. The van der Waals surface area contributed by atoms with Crippen molar-refractivity contribution in [1.82, 2.24) is 0 Å². The van der Waals surface area contributed by atoms with E-state index in [1.807, 2.05) is 63.2 Å². The lowest BCUT2D eigenvalue weighted by molar-refractivity contribution is 0.104. The molecule has 3 aromatic carbocycles. The number of nitrogens with zero attached hydrogens (tertiary/aromatic N) is 1. The quantitative estimate of drug-likeness (QED) is 0.583. The maximum absolute atomic E-state index is 13.5. The van der Waals surface area contributed by atoms with E-state index in [-0.39, 0.29) is 11.4 Å². The number of carbonyl (C=O) groups excluding carboxylic acids is 1. The van der Waals surface area contributed by atoms with Crippen molar-refractivity contribution in [3.8, 4) is 0 Å². The van der Waals surface area contributed by atoms with E-state index in [2.05, 4.69) is 5.32 Å². The molecule has 1 heterocycles. The number of fused-ring (bicyclic) bond motifs is 1. The zero-order valence-corrected chi connectivity index (χ0v) is 18.5. The second-order valence-corrected chi connectivity index (χ2v) is 9.58. The van der Waals surface area contributed by atoms with Crippen LogP contribution in [0.3, 0.4) is 0 Å². The predicted octanol–water partition coefficient (Wildman–Crippen LogP) is 5.10. The second kappa shape index (κ2) is 8.04. The fourth-order valence-electron chi connectivity index (χ4n) is 3.72. The summed E-state index contributed by atoms with van der Waals surface area (Å²) in [7, 11) is -4.05. The molecule has 4 rings (SSSR count). The van der Waals surface area contributed by atoms with Crippen molar-refractivity contribution in [2.75, 3.05) is 9.62 Å². The highest BCUT2D eigenvalue weighted by Gasteiger charge is 2.40. The normalized spacial score (nSPS) is 16.3. The van der Waals surface area contributed by atoms with Crippen LogP contribution in [0.25, 0.3) is 0 Å². The molecule has 0 unspecified atom stereocenters. The standard InChI is InChI=1S/C25H24N2O3S/c1-17-8-6-10-20(14-17)16-27-23-13-5-4-11-21(23)25(28)24(31(27,29)30)15-26-22-12-7-9-18(2)19(22)3/h4-15,26H,16H2,1-3H3. The Morgan fingerprint density at radius 1 is 0.935 bits per heavy atom. The largest absolute Gasteiger partial charge is 0.360 e. The summed E-state index contributed by atoms with van der Waals surface area (Å²) in [6.07, 6.45) is 1.32. The summed E-state index contributed by atoms with van der Waals surface area (Å²) in [6.45, 7) is 6.04. The number of para-hydroxylation sites is 1. The number of allylic oxidation sites excluding steroid dienone is 1. The Morgan fingerprint density at radius 2 is 1.68 bits per heavy atom. The molecule has 5 nitrogen and oxygen atoms in total. The van der Waals surface area contributed by atoms with Crippen LogP contribution in [0.4, 0.5) is 11.4 Å². The number of sulfonamides is 1. The highest BCUT2D eigenvalue weighted by atomic mass is 32.2. The topological polar surface area (TPSA) is 66.5 Å². The van der Waals surface area contributed by atoms with Gasteiger partial charge < -0.3 is 5.32 Å². The van der Waals surface area contributed by atoms with Gasteiger partial charge in [0.2, 0.25) is 5.78 Å². The van der Waals surface area contributed by atoms with Crippen LogP contribution >= 0.6 is 0 Å². The number of ketones is 1. The molecule has 1 N–H and O–H groups in total. The van der Waals surface area contributed by atoms with E-state index in [0.29, 0.717) is 11.3 Å². The van der Waals surface area contributed by atoms with E-state index in [0.717, 1.165) is 27.9 Å². The van der Waals surface area contributed by atoms with Crippen molar-refractivity contribution in [2.24, 2.45) is 0 Å². The van der Waals surface area contributed by atoms with Gasteiger partial charge in [-0.3, -0.25) is 9.10 Å². The maximum atomic E-state index is 13.5. The van der Waals surface area contributed by atoms with Gasteiger partial charge in [0.1, 0.15) is 0 Å². The molecule has 0 aromatic heterocycles. The number of hydrogen-bond donors (Lipinski definition) is 1. The van der Waals surface area contributed by atoms with Gasteiger partial charge in [0.05, 0.1) is 12.2 Å². The number of aryl methyl sites for hydroxylation is 2. The van der Waals surface area contributed by atoms with Crippen molar-refractivity contribution in [3.05, 3.63) is 106 Å². The van der Waals surface area contributed by atoms with Crippen molar-refractivity contribution in [2.45, 2.75) is 27.3 Å². The lowest BCUT2D eigenvalue weighted by Crippen LogP contribution is -2.39. The van der Waals surface area contributed by atoms with Crippen LogP contribution in [0.1, 0.15) is 32.6 Å². The molecule has 0 saturated carbocycles. The van der Waals surface area contributed by atoms with Gasteiger partial charge in [-0.25, -0.2) is 8.42 Å². The Labute approximate surface area is 183 Å². The van der Waals surface area contributed by atoms with E-state index in [4.69, 9.17) is 0 Å². The first kappa shape index (κ1) is 20.9. The van der Waals surface area contributed by atoms with E-state index < -0.39 is 15.8 Å². The number of Topliss-reactive ketones (excluding diaryl/α,β-unsaturated/α-hetero) is 1. The molecule has 0 radical (unpaired) electrons. The Hall–Kier alpha value is -3.38. The molecule has 0 saturated heterocycles. The predicted molar refractivity (Wildman–Crippen MR) is 125 cm³/mol. The third-order valence-electron chi connectivity index (χ3n) is 5.58. The fourth-order valence-corrected chi connectivity index (χ4v) is 5.25. The Balaban J connectivity index is 1.80. The minimum Gasteiger partial charge on any atom is -0.360 e. The number of hydrogen-bond acceptors (Lipinski definition) is 4. The van der Waals surface area contributed by atoms with E-state index >= 15 is 0 Å². The zero-order chi connectivity index (χ0) is 22.2. The van der Waals surface area contributed by atoms with Crippen LogP contribution < -0.4 is 9.62 Å². The Morgan fingerprint density at radius 3 is 2.45 bits per heavy atom. The minimum absolute atomic E-state index is 0.148. The summed E-state index contributed by atoms with van der Waals surface area (Å²) in [5.74, 6) is -0.506. The second-order valence-electron chi connectivity index (χ2n) is 7.75. The summed E-state index contributed by atoms with van der Waals surface area (Å²) in [6, 6.07) is 20.3. The molecular weight excluding hydrogens is 408 g/mol. The lowest BCUT2D eigenvalue weighted by Gasteiger charge is -2.31. The number of anilines is 2. The van der Waals surface area contributed by atoms with Crippen molar-refractivity contribution in [3.63, 3.8) is 0 Å². The maximum Gasteiger partial charge on any atom is 0.270 e. The number of carbonyl (C=O) groups is 1. The van der Waals surface area contributed by atoms with Crippen LogP contribution in [-0.4, -0.2) is 14.2 Å². The lowest BCUT2D eigenvalue weighted by atomic mass is 10.1. The molecule has 0 spiro atoms. The van der Waals surface area contributed by atoms with Crippen molar-refractivity contribution in [1.29, 1.82) is 0 Å². The van der Waals surface area contributed by atoms with Gasteiger partial charge >= 0.3 is 0 Å². The van der Waals surface area contributed by atoms with E-state index in [1.54, 1.807) is 24.3 Å². The molecule has 0 bridgehead atoms. The Bertz CT molecular complexity index is 1310. The molecule has 0 amide bonds. The summed E-state index contributed by atoms with van der Waals surface area (Å²) in [5.41, 5.74) is 5.51. The first-order valence-corrected chi connectivity index (χ1v) is 11.5. The van der Waals surface area contributed by atoms with Crippen LogP contribution in [-0.2, 0) is 16.6 Å². The summed E-state index contributed by atoms with van der Waals surface area (Å²) < 4.78 is 28.4. The summed E-state index contributed by atoms with van der Waals surface area (Å²) in [5, 5.41) is 3.05. The van der Waals surface area contributed by atoms with Gasteiger partial charge in [0, 0.05) is 17.5 Å². The molecular formula is C25H24N2O3S. The zero-order valence-electron chi connectivity index (χ0n) is 17.7. The smallest absolute Gasteiger partial charge is 0.270 e. The van der Waals surface area contributed by atoms with Crippen LogP contribution in [0, 0.1) is 20.8 Å². The number of nitrogens with one attached hydrogen (secondary N) is 1. The molecule has 31 heavy (non-hydrogen) atoms. The molecule has 0 atom stereocenters. The summed E-state index contributed by atoms with van der Waals surface area (Å²) in [4.78, 5) is 12.9. The average molecular weight is 433 g/mol. The minimum atomic E-state index is -4.05. The third-order valence-corrected chi connectivity index (χ3v) is 7.35. The number of benzene rings is 3. The SMILES string of the molecule is Cc1cccc(CN2c3ccccc3C(=O)C(=CNc3cccc(C)c3C)S2(=O)=O)c1. The van der Waals surface area contributed by atoms with Gasteiger partial charge in [0.25, 0.3) is 10.0 Å². The molecule has 3 aromatic rings. The highest BCUT2D eigenvalue weighted by molar-refractivity contribution is 7.97. The van der Waals surface area contributed by atoms with Crippen molar-refractivity contribution >= 4 is 27.2 Å². The molecule has 158 valence electrons. The van der Waals surface area contributed by atoms with Crippen LogP contribution in [0.5, 0.6) is 0 Å². The Kier molecular flexibility index (Phi) is 5.41. The van der Waals surface area contributed by atoms with Gasteiger partial charge in [-0.2, -0.15) is 0 Å². The van der Waals surface area contributed by atoms with Crippen LogP contribution in [0.15, 0.2) is 77.8 Å². The monoisotopic (exact) mass is 432 g/mol. The van der Waals surface area contributed by atoms with Gasteiger partial charge in [-0.15, -0.1) is 0 Å². The fraction of sp³-hybridized carbons (Fsp3) is 0.160. The first-order valence-electron chi connectivity index (χ1n) is 10.0. The van der Waals surface area contributed by atoms with Gasteiger partial charge in [-0.1, -0.05) is 54.1 Å². The average Bonchev–Trinajstić information content (AvgIpc) is 2.74. The van der Waals surface area contributed by atoms with E-state index in [1.165, 1.54) is 10.5 Å². The van der Waals surface area contributed by atoms with Crippen molar-refractivity contribution < 1.29 is 13.2 Å². The highest BCUT2D eigenvalue weighted by Crippen LogP contribution is 2.36. The van der Waals surface area contributed by atoms with Crippen LogP contribution in [0.2, 0.25) is 0 Å². The summed E-state index contributed by atoms with van der Waals surface area (Å²) >= 11 is 0. The van der Waals surface area contributed by atoms with E-state index in [9.17, 15) is 13.2 Å². The molecule has 1 aliphatic rings.